The molecule has 1 aliphatic heterocycles. The van der Waals surface area contributed by atoms with E-state index in [0.29, 0.717) is 37.8 Å². The molecule has 7 heteroatoms. The third-order valence-electron chi connectivity index (χ3n) is 3.29. The highest BCUT2D eigenvalue weighted by molar-refractivity contribution is 5.76. The van der Waals surface area contributed by atoms with Crippen molar-refractivity contribution in [2.24, 2.45) is 0 Å². The molecule has 0 atom stereocenters. The standard InChI is InChI=1S/C14H15N3O4/c18-13-4-3-11(12-2-1-7-21-12)15-17(13)10-14(19)16-5-8-20-9-6-16/h1-4,7H,5-6,8-10H2. The van der Waals surface area contributed by atoms with Gasteiger partial charge in [-0.05, 0) is 18.2 Å². The molecule has 0 radical (unpaired) electrons. The van der Waals surface area contributed by atoms with Crippen molar-refractivity contribution < 1.29 is 13.9 Å². The van der Waals surface area contributed by atoms with Crippen molar-refractivity contribution in [1.29, 1.82) is 0 Å². The van der Waals surface area contributed by atoms with E-state index in [0.717, 1.165) is 4.68 Å². The molecule has 0 spiro atoms. The number of ether oxygens (including phenoxy) is 1. The highest BCUT2D eigenvalue weighted by atomic mass is 16.5. The van der Waals surface area contributed by atoms with Gasteiger partial charge in [0.1, 0.15) is 12.2 Å². The van der Waals surface area contributed by atoms with Crippen LogP contribution in [0, 0.1) is 0 Å². The summed E-state index contributed by atoms with van der Waals surface area (Å²) in [5, 5.41) is 4.18. The van der Waals surface area contributed by atoms with Crippen LogP contribution in [0.25, 0.3) is 11.5 Å². The zero-order chi connectivity index (χ0) is 14.7. The Kier molecular flexibility index (Phi) is 3.83. The predicted octanol–water partition coefficient (Wildman–Crippen LogP) is 0.362. The maximum atomic E-state index is 12.2. The Bertz CT molecular complexity index is 672. The molecule has 7 nitrogen and oxygen atoms in total. The maximum absolute atomic E-state index is 12.2. The molecule has 0 unspecified atom stereocenters. The minimum Gasteiger partial charge on any atom is -0.463 e. The Morgan fingerprint density at radius 3 is 2.76 bits per heavy atom. The van der Waals surface area contributed by atoms with Crippen molar-refractivity contribution in [3.63, 3.8) is 0 Å². The van der Waals surface area contributed by atoms with Crippen LogP contribution in [-0.2, 0) is 16.1 Å². The average Bonchev–Trinajstić information content (AvgIpc) is 3.04. The third kappa shape index (κ3) is 3.03. The molecule has 1 fully saturated rings. The number of carbonyl (C=O) groups is 1. The van der Waals surface area contributed by atoms with Crippen LogP contribution in [0.4, 0.5) is 0 Å². The van der Waals surface area contributed by atoms with Crippen LogP contribution >= 0.6 is 0 Å². The number of hydrogen-bond acceptors (Lipinski definition) is 5. The van der Waals surface area contributed by atoms with E-state index < -0.39 is 0 Å². The molecule has 3 heterocycles. The molecule has 2 aromatic rings. The molecule has 1 aliphatic rings. The molecule has 21 heavy (non-hydrogen) atoms. The number of furan rings is 1. The first-order chi connectivity index (χ1) is 10.2. The summed E-state index contributed by atoms with van der Waals surface area (Å²) < 4.78 is 11.6. The molecule has 2 aromatic heterocycles. The summed E-state index contributed by atoms with van der Waals surface area (Å²) >= 11 is 0. The Labute approximate surface area is 120 Å². The van der Waals surface area contributed by atoms with Gasteiger partial charge in [0.25, 0.3) is 5.56 Å². The SMILES string of the molecule is O=C(Cn1nc(-c2ccco2)ccc1=O)N1CCOCC1. The van der Waals surface area contributed by atoms with Gasteiger partial charge in [0, 0.05) is 19.2 Å². The van der Waals surface area contributed by atoms with Gasteiger partial charge in [-0.15, -0.1) is 0 Å². The van der Waals surface area contributed by atoms with Gasteiger partial charge in [0.15, 0.2) is 5.76 Å². The van der Waals surface area contributed by atoms with Crippen molar-refractivity contribution in [2.45, 2.75) is 6.54 Å². The Morgan fingerprint density at radius 1 is 1.24 bits per heavy atom. The van der Waals surface area contributed by atoms with Gasteiger partial charge in [0.2, 0.25) is 5.91 Å². The van der Waals surface area contributed by atoms with Crippen LogP contribution in [-0.4, -0.2) is 46.9 Å². The molecular weight excluding hydrogens is 274 g/mol. The fourth-order valence-corrected chi connectivity index (χ4v) is 2.16. The van der Waals surface area contributed by atoms with Crippen LogP contribution in [0.1, 0.15) is 0 Å². The highest BCUT2D eigenvalue weighted by Crippen LogP contribution is 2.15. The lowest BCUT2D eigenvalue weighted by Crippen LogP contribution is -2.43. The number of rotatable bonds is 3. The van der Waals surface area contributed by atoms with E-state index in [4.69, 9.17) is 9.15 Å². The smallest absolute Gasteiger partial charge is 0.267 e. The summed E-state index contributed by atoms with van der Waals surface area (Å²) in [6, 6.07) is 6.46. The Balaban J connectivity index is 1.79. The number of aromatic nitrogens is 2. The van der Waals surface area contributed by atoms with E-state index in [1.165, 1.54) is 12.3 Å². The molecule has 0 aliphatic carbocycles. The number of morpholine rings is 1. The summed E-state index contributed by atoms with van der Waals surface area (Å²) in [6.07, 6.45) is 1.53. The lowest BCUT2D eigenvalue weighted by molar-refractivity contribution is -0.136. The van der Waals surface area contributed by atoms with E-state index in [9.17, 15) is 9.59 Å². The van der Waals surface area contributed by atoms with Crippen molar-refractivity contribution >= 4 is 5.91 Å². The second-order valence-corrected chi connectivity index (χ2v) is 4.68. The quantitative estimate of drug-likeness (QED) is 0.815. The van der Waals surface area contributed by atoms with Crippen LogP contribution in [0.5, 0.6) is 0 Å². The lowest BCUT2D eigenvalue weighted by atomic mass is 10.3. The monoisotopic (exact) mass is 289 g/mol. The Morgan fingerprint density at radius 2 is 2.05 bits per heavy atom. The summed E-state index contributed by atoms with van der Waals surface area (Å²) in [5.74, 6) is 0.423. The third-order valence-corrected chi connectivity index (χ3v) is 3.29. The van der Waals surface area contributed by atoms with E-state index in [-0.39, 0.29) is 18.0 Å². The maximum Gasteiger partial charge on any atom is 0.267 e. The van der Waals surface area contributed by atoms with Crippen LogP contribution < -0.4 is 5.56 Å². The van der Waals surface area contributed by atoms with Crippen molar-refractivity contribution in [2.75, 3.05) is 26.3 Å². The fourth-order valence-electron chi connectivity index (χ4n) is 2.16. The minimum absolute atomic E-state index is 0.0760. The van der Waals surface area contributed by atoms with Gasteiger partial charge in [0.05, 0.1) is 19.5 Å². The summed E-state index contributed by atoms with van der Waals surface area (Å²) in [7, 11) is 0. The molecule has 0 N–H and O–H groups in total. The van der Waals surface area contributed by atoms with Crippen molar-refractivity contribution in [1.82, 2.24) is 14.7 Å². The second kappa shape index (κ2) is 5.92. The second-order valence-electron chi connectivity index (χ2n) is 4.68. The first-order valence-electron chi connectivity index (χ1n) is 6.71. The van der Waals surface area contributed by atoms with E-state index in [1.807, 2.05) is 0 Å². The predicted molar refractivity (Wildman–Crippen MR) is 73.6 cm³/mol. The highest BCUT2D eigenvalue weighted by Gasteiger charge is 2.18. The average molecular weight is 289 g/mol. The molecule has 1 saturated heterocycles. The molecule has 1 amide bonds. The summed E-state index contributed by atoms with van der Waals surface area (Å²) in [6.45, 7) is 2.07. The fraction of sp³-hybridized carbons (Fsp3) is 0.357. The minimum atomic E-state index is -0.313. The van der Waals surface area contributed by atoms with Gasteiger partial charge in [-0.25, -0.2) is 4.68 Å². The van der Waals surface area contributed by atoms with Gasteiger partial charge < -0.3 is 14.1 Å². The summed E-state index contributed by atoms with van der Waals surface area (Å²) in [5.41, 5.74) is 0.210. The first kappa shape index (κ1) is 13.6. The van der Waals surface area contributed by atoms with Crippen LogP contribution in [0.15, 0.2) is 39.7 Å². The number of nitrogens with zero attached hydrogens (tertiary/aromatic N) is 3. The van der Waals surface area contributed by atoms with Crippen molar-refractivity contribution in [3.05, 3.63) is 40.9 Å². The molecule has 0 aromatic carbocycles. The molecule has 0 bridgehead atoms. The largest absolute Gasteiger partial charge is 0.463 e. The molecule has 3 rings (SSSR count). The molecular formula is C14H15N3O4. The van der Waals surface area contributed by atoms with Crippen LogP contribution in [0.3, 0.4) is 0 Å². The lowest BCUT2D eigenvalue weighted by Gasteiger charge is -2.26. The van der Waals surface area contributed by atoms with Crippen LogP contribution in [0.2, 0.25) is 0 Å². The topological polar surface area (TPSA) is 77.6 Å². The van der Waals surface area contributed by atoms with Crippen molar-refractivity contribution in [3.8, 4) is 11.5 Å². The number of carbonyl (C=O) groups excluding carboxylic acids is 1. The van der Waals surface area contributed by atoms with E-state index in [2.05, 4.69) is 5.10 Å². The van der Waals surface area contributed by atoms with Gasteiger partial charge in [-0.2, -0.15) is 5.10 Å². The molecule has 0 saturated carbocycles. The Hall–Kier alpha value is -2.41. The zero-order valence-corrected chi connectivity index (χ0v) is 11.4. The van der Waals surface area contributed by atoms with Gasteiger partial charge in [-0.3, -0.25) is 9.59 Å². The number of amides is 1. The van der Waals surface area contributed by atoms with Gasteiger partial charge in [-0.1, -0.05) is 0 Å². The normalized spacial score (nSPS) is 15.1. The van der Waals surface area contributed by atoms with Gasteiger partial charge >= 0.3 is 0 Å². The van der Waals surface area contributed by atoms with E-state index >= 15 is 0 Å². The number of hydrogen-bond donors (Lipinski definition) is 0. The molecule has 110 valence electrons. The summed E-state index contributed by atoms with van der Waals surface area (Å²) in [4.78, 5) is 25.7. The first-order valence-corrected chi connectivity index (χ1v) is 6.71. The van der Waals surface area contributed by atoms with E-state index in [1.54, 1.807) is 23.1 Å². The zero-order valence-electron chi connectivity index (χ0n) is 11.4.